The second-order valence-electron chi connectivity index (χ2n) is 8.81. The zero-order valence-corrected chi connectivity index (χ0v) is 20.3. The van der Waals surface area contributed by atoms with Crippen LogP contribution in [-0.4, -0.2) is 60.1 Å². The summed E-state index contributed by atoms with van der Waals surface area (Å²) < 4.78 is 48.3. The highest BCUT2D eigenvalue weighted by molar-refractivity contribution is 6.36. The summed E-state index contributed by atoms with van der Waals surface area (Å²) in [5.41, 5.74) is 1.45. The summed E-state index contributed by atoms with van der Waals surface area (Å²) in [6, 6.07) is 14.0. The molecule has 0 aliphatic carbocycles. The van der Waals surface area contributed by atoms with E-state index in [0.29, 0.717) is 31.7 Å². The molecule has 1 N–H and O–H groups in total. The molecule has 2 aliphatic heterocycles. The van der Waals surface area contributed by atoms with Gasteiger partial charge >= 0.3 is 6.18 Å². The van der Waals surface area contributed by atoms with E-state index in [9.17, 15) is 18.0 Å². The van der Waals surface area contributed by atoms with E-state index in [1.165, 1.54) is 0 Å². The number of hydrogen-bond donors (Lipinski definition) is 1. The summed E-state index contributed by atoms with van der Waals surface area (Å²) in [5.74, 6) is 0.259. The standard InChI is InChI=1S/C25H25ClF3N5O2/c1-36-19-10-6-5-9-18(19)32-11-13-33(14-12-32)24(35)22-21(26)23-30-17(16-7-3-2-4-8-16)15-20(25(27,28)29)34(23)31-22/h2-10,17,20,30H,11-15H2,1H3/t17-,20-/m1/s1. The molecule has 2 atom stereocenters. The van der Waals surface area contributed by atoms with Crippen molar-refractivity contribution in [3.8, 4) is 5.75 Å². The number of aromatic nitrogens is 2. The Morgan fingerprint density at radius 1 is 1.06 bits per heavy atom. The van der Waals surface area contributed by atoms with Gasteiger partial charge in [-0.05, 0) is 17.7 Å². The number of carbonyl (C=O) groups is 1. The number of rotatable bonds is 4. The van der Waals surface area contributed by atoms with Gasteiger partial charge in [0.1, 0.15) is 16.6 Å². The number of fused-ring (bicyclic) bond motifs is 1. The van der Waals surface area contributed by atoms with Gasteiger partial charge in [-0.1, -0.05) is 54.1 Å². The molecular formula is C25H25ClF3N5O2. The molecule has 1 amide bonds. The van der Waals surface area contributed by atoms with Gasteiger partial charge in [0.2, 0.25) is 0 Å². The minimum Gasteiger partial charge on any atom is -0.495 e. The number of hydrogen-bond acceptors (Lipinski definition) is 5. The number of nitrogens with zero attached hydrogens (tertiary/aromatic N) is 4. The molecule has 0 unspecified atom stereocenters. The quantitative estimate of drug-likeness (QED) is 0.515. The number of carbonyl (C=O) groups excluding carboxylic acids is 1. The van der Waals surface area contributed by atoms with Gasteiger partial charge in [0.15, 0.2) is 11.7 Å². The maximum Gasteiger partial charge on any atom is 0.410 e. The van der Waals surface area contributed by atoms with Gasteiger partial charge in [-0.2, -0.15) is 18.3 Å². The van der Waals surface area contributed by atoms with E-state index >= 15 is 0 Å². The van der Waals surface area contributed by atoms with Crippen molar-refractivity contribution in [1.82, 2.24) is 14.7 Å². The van der Waals surface area contributed by atoms with Crippen LogP contribution in [0.2, 0.25) is 5.02 Å². The molecule has 1 aromatic heterocycles. The molecule has 0 spiro atoms. The van der Waals surface area contributed by atoms with Crippen molar-refractivity contribution in [2.24, 2.45) is 0 Å². The monoisotopic (exact) mass is 519 g/mol. The molecule has 36 heavy (non-hydrogen) atoms. The van der Waals surface area contributed by atoms with Crippen LogP contribution < -0.4 is 15.0 Å². The summed E-state index contributed by atoms with van der Waals surface area (Å²) >= 11 is 6.50. The summed E-state index contributed by atoms with van der Waals surface area (Å²) in [6.45, 7) is 1.82. The number of nitrogens with one attached hydrogen (secondary N) is 1. The molecule has 3 aromatic rings. The Labute approximate surface area is 211 Å². The maximum absolute atomic E-state index is 14.0. The lowest BCUT2D eigenvalue weighted by atomic mass is 9.97. The first kappa shape index (κ1) is 24.3. The number of anilines is 2. The van der Waals surface area contributed by atoms with E-state index in [-0.39, 0.29) is 23.0 Å². The van der Waals surface area contributed by atoms with Crippen LogP contribution in [0.5, 0.6) is 5.75 Å². The number of alkyl halides is 3. The molecule has 3 heterocycles. The van der Waals surface area contributed by atoms with E-state index < -0.39 is 24.2 Å². The predicted octanol–water partition coefficient (Wildman–Crippen LogP) is 5.17. The fraction of sp³-hybridized carbons (Fsp3) is 0.360. The fourth-order valence-electron chi connectivity index (χ4n) is 4.82. The molecule has 2 aliphatic rings. The number of methoxy groups -OCH3 is 1. The van der Waals surface area contributed by atoms with Gasteiger partial charge < -0.3 is 19.9 Å². The van der Waals surface area contributed by atoms with E-state index in [1.54, 1.807) is 42.3 Å². The van der Waals surface area contributed by atoms with Crippen LogP contribution >= 0.6 is 11.6 Å². The minimum atomic E-state index is -4.56. The summed E-state index contributed by atoms with van der Waals surface area (Å²) in [6.07, 6.45) is -4.82. The van der Waals surface area contributed by atoms with Crippen LogP contribution in [0.1, 0.15) is 34.6 Å². The molecule has 7 nitrogen and oxygen atoms in total. The maximum atomic E-state index is 14.0. The van der Waals surface area contributed by atoms with E-state index in [2.05, 4.69) is 15.3 Å². The number of ether oxygens (including phenoxy) is 1. The lowest BCUT2D eigenvalue weighted by Crippen LogP contribution is -2.49. The highest BCUT2D eigenvalue weighted by atomic mass is 35.5. The first-order chi connectivity index (χ1) is 17.3. The zero-order chi connectivity index (χ0) is 25.4. The van der Waals surface area contributed by atoms with Crippen LogP contribution in [0.15, 0.2) is 54.6 Å². The predicted molar refractivity (Wildman–Crippen MR) is 131 cm³/mol. The summed E-state index contributed by atoms with van der Waals surface area (Å²) in [4.78, 5) is 17.0. The third kappa shape index (κ3) is 4.45. The topological polar surface area (TPSA) is 62.6 Å². The van der Waals surface area contributed by atoms with E-state index in [4.69, 9.17) is 16.3 Å². The first-order valence-electron chi connectivity index (χ1n) is 11.6. The molecule has 0 saturated carbocycles. The number of halogens is 4. The Kier molecular flexibility index (Phi) is 6.46. The largest absolute Gasteiger partial charge is 0.495 e. The summed E-state index contributed by atoms with van der Waals surface area (Å²) in [7, 11) is 1.60. The van der Waals surface area contributed by atoms with Crippen molar-refractivity contribution in [2.75, 3.05) is 43.5 Å². The second-order valence-corrected chi connectivity index (χ2v) is 9.19. The van der Waals surface area contributed by atoms with Gasteiger partial charge in [0.25, 0.3) is 5.91 Å². The Morgan fingerprint density at radius 3 is 2.39 bits per heavy atom. The molecule has 11 heteroatoms. The van der Waals surface area contributed by atoms with Gasteiger partial charge in [-0.25, -0.2) is 4.68 Å². The van der Waals surface area contributed by atoms with Crippen LogP contribution in [0.3, 0.4) is 0 Å². The fourth-order valence-corrected chi connectivity index (χ4v) is 5.08. The Balaban J connectivity index is 1.38. The van der Waals surface area contributed by atoms with Crippen molar-refractivity contribution in [1.29, 1.82) is 0 Å². The number of para-hydroxylation sites is 2. The molecule has 0 bridgehead atoms. The number of benzene rings is 2. The number of piperazine rings is 1. The molecule has 2 aromatic carbocycles. The van der Waals surface area contributed by atoms with Crippen molar-refractivity contribution in [3.05, 3.63) is 70.9 Å². The third-order valence-electron chi connectivity index (χ3n) is 6.69. The van der Waals surface area contributed by atoms with Crippen LogP contribution in [0, 0.1) is 0 Å². The summed E-state index contributed by atoms with van der Waals surface area (Å²) in [5, 5.41) is 7.07. The van der Waals surface area contributed by atoms with Crippen LogP contribution in [0.25, 0.3) is 0 Å². The highest BCUT2D eigenvalue weighted by Crippen LogP contribution is 2.46. The van der Waals surface area contributed by atoms with Crippen molar-refractivity contribution in [3.63, 3.8) is 0 Å². The average Bonchev–Trinajstić information content (AvgIpc) is 3.23. The average molecular weight is 520 g/mol. The van der Waals surface area contributed by atoms with Gasteiger partial charge in [0, 0.05) is 32.6 Å². The van der Waals surface area contributed by atoms with Crippen molar-refractivity contribution in [2.45, 2.75) is 24.7 Å². The van der Waals surface area contributed by atoms with E-state index in [0.717, 1.165) is 16.1 Å². The van der Waals surface area contributed by atoms with Crippen LogP contribution in [-0.2, 0) is 0 Å². The SMILES string of the molecule is COc1ccccc1N1CCN(C(=O)c2nn3c(c2Cl)N[C@@H](c2ccccc2)C[C@@H]3C(F)(F)F)CC1. The molecular weight excluding hydrogens is 495 g/mol. The molecule has 1 fully saturated rings. The van der Waals surface area contributed by atoms with Crippen molar-refractivity contribution >= 4 is 29.0 Å². The smallest absolute Gasteiger partial charge is 0.410 e. The Bertz CT molecular complexity index is 1240. The molecule has 190 valence electrons. The van der Waals surface area contributed by atoms with Gasteiger partial charge in [-0.15, -0.1) is 0 Å². The Morgan fingerprint density at radius 2 is 1.72 bits per heavy atom. The van der Waals surface area contributed by atoms with Crippen molar-refractivity contribution < 1.29 is 22.7 Å². The lowest BCUT2D eigenvalue weighted by molar-refractivity contribution is -0.173. The van der Waals surface area contributed by atoms with Gasteiger partial charge in [0.05, 0.1) is 18.8 Å². The normalized spacial score (nSPS) is 20.0. The Hall–Kier alpha value is -3.40. The molecule has 0 radical (unpaired) electrons. The molecule has 5 rings (SSSR count). The minimum absolute atomic E-state index is 0.00935. The second kappa shape index (κ2) is 9.57. The van der Waals surface area contributed by atoms with E-state index in [1.807, 2.05) is 24.3 Å². The van der Waals surface area contributed by atoms with Gasteiger partial charge in [-0.3, -0.25) is 4.79 Å². The zero-order valence-electron chi connectivity index (χ0n) is 19.5. The third-order valence-corrected chi connectivity index (χ3v) is 7.05. The van der Waals surface area contributed by atoms with Crippen LogP contribution in [0.4, 0.5) is 24.7 Å². The first-order valence-corrected chi connectivity index (χ1v) is 12.0. The molecule has 1 saturated heterocycles. The highest BCUT2D eigenvalue weighted by Gasteiger charge is 2.48. The number of amides is 1. The lowest BCUT2D eigenvalue weighted by Gasteiger charge is -2.36.